The van der Waals surface area contributed by atoms with E-state index < -0.39 is 17.8 Å². The molecule has 9 heteroatoms. The van der Waals surface area contributed by atoms with Gasteiger partial charge in [0.1, 0.15) is 5.69 Å². The first-order chi connectivity index (χ1) is 13.3. The molecule has 1 amide bonds. The Labute approximate surface area is 158 Å². The number of hydrogen-bond donors (Lipinski definition) is 1. The summed E-state index contributed by atoms with van der Waals surface area (Å²) in [5, 5.41) is 9.35. The van der Waals surface area contributed by atoms with Gasteiger partial charge >= 0.3 is 6.18 Å². The van der Waals surface area contributed by atoms with Crippen molar-refractivity contribution in [2.24, 2.45) is 4.99 Å². The van der Waals surface area contributed by atoms with Gasteiger partial charge in [0.2, 0.25) is 5.88 Å². The van der Waals surface area contributed by atoms with Gasteiger partial charge in [-0.25, -0.2) is 4.98 Å². The highest BCUT2D eigenvalue weighted by Gasteiger charge is 2.34. The van der Waals surface area contributed by atoms with Crippen LogP contribution in [0.1, 0.15) is 27.2 Å². The first-order valence-electron chi connectivity index (χ1n) is 8.54. The molecule has 6 nitrogen and oxygen atoms in total. The number of aliphatic hydroxyl groups is 1. The molecule has 1 N–H and O–H groups in total. The van der Waals surface area contributed by atoms with Crippen LogP contribution in [0.25, 0.3) is 11.1 Å². The number of aliphatic hydroxyl groups excluding tert-OH is 1. The quantitative estimate of drug-likeness (QED) is 0.873. The summed E-state index contributed by atoms with van der Waals surface area (Å²) in [5.74, 6) is -0.320. The van der Waals surface area contributed by atoms with Crippen LogP contribution in [-0.4, -0.2) is 53.4 Å². The first-order valence-corrected chi connectivity index (χ1v) is 8.54. The van der Waals surface area contributed by atoms with Crippen LogP contribution in [0.3, 0.4) is 0 Å². The van der Waals surface area contributed by atoms with Gasteiger partial charge in [-0.2, -0.15) is 13.2 Å². The van der Waals surface area contributed by atoms with Crippen LogP contribution in [0.5, 0.6) is 5.88 Å². The number of likely N-dealkylation sites (tertiary alicyclic amines) is 1. The molecular weight excluding hydrogens is 375 g/mol. The fourth-order valence-electron chi connectivity index (χ4n) is 3.32. The highest BCUT2D eigenvalue weighted by atomic mass is 19.4. The lowest BCUT2D eigenvalue weighted by molar-refractivity contribution is -0.137. The van der Waals surface area contributed by atoms with Gasteiger partial charge in [-0.3, -0.25) is 9.79 Å². The molecule has 0 saturated carbocycles. The maximum atomic E-state index is 13.3. The second-order valence-electron chi connectivity index (χ2n) is 6.68. The molecule has 0 spiro atoms. The van der Waals surface area contributed by atoms with Crippen molar-refractivity contribution >= 4 is 12.1 Å². The van der Waals surface area contributed by atoms with Gasteiger partial charge in [0.25, 0.3) is 5.91 Å². The number of halogens is 3. The second kappa shape index (κ2) is 6.59. The maximum absolute atomic E-state index is 13.3. The van der Waals surface area contributed by atoms with Crippen LogP contribution >= 0.6 is 0 Å². The molecular formula is C19H16F3N3O3. The van der Waals surface area contributed by atoms with Crippen molar-refractivity contribution in [3.05, 3.63) is 46.6 Å². The van der Waals surface area contributed by atoms with Gasteiger partial charge in [0, 0.05) is 30.4 Å². The van der Waals surface area contributed by atoms with Crippen molar-refractivity contribution in [3.8, 4) is 17.0 Å². The zero-order valence-corrected chi connectivity index (χ0v) is 14.8. The number of nitrogens with zero attached hydrogens (tertiary/aromatic N) is 3. The Kier molecular flexibility index (Phi) is 4.34. The van der Waals surface area contributed by atoms with Crippen molar-refractivity contribution in [1.29, 1.82) is 0 Å². The zero-order chi connectivity index (χ0) is 20.1. The van der Waals surface area contributed by atoms with E-state index in [4.69, 9.17) is 4.74 Å². The van der Waals surface area contributed by atoms with E-state index in [1.54, 1.807) is 0 Å². The Balaban J connectivity index is 1.78. The van der Waals surface area contributed by atoms with Gasteiger partial charge in [0.15, 0.2) is 0 Å². The van der Waals surface area contributed by atoms with E-state index in [1.165, 1.54) is 30.4 Å². The second-order valence-corrected chi connectivity index (χ2v) is 6.68. The summed E-state index contributed by atoms with van der Waals surface area (Å²) in [6.45, 7) is 0.625. The lowest BCUT2D eigenvalue weighted by Gasteiger charge is -2.35. The Bertz CT molecular complexity index is 982. The molecule has 2 aromatic rings. The third-order valence-electron chi connectivity index (χ3n) is 4.79. The minimum absolute atomic E-state index is 0.0498. The fourth-order valence-corrected chi connectivity index (χ4v) is 3.32. The number of carbonyl (C=O) groups excluding carboxylic acids is 1. The van der Waals surface area contributed by atoms with Gasteiger partial charge in [0.05, 0.1) is 25.3 Å². The molecule has 28 heavy (non-hydrogen) atoms. The highest BCUT2D eigenvalue weighted by Crippen LogP contribution is 2.39. The average Bonchev–Trinajstić information content (AvgIpc) is 3.11. The molecule has 146 valence electrons. The Morgan fingerprint density at radius 1 is 1.25 bits per heavy atom. The zero-order valence-electron chi connectivity index (χ0n) is 14.8. The smallest absolute Gasteiger partial charge is 0.416 e. The third kappa shape index (κ3) is 3.11. The number of ether oxygens (including phenoxy) is 1. The van der Waals surface area contributed by atoms with Crippen molar-refractivity contribution in [2.75, 3.05) is 20.2 Å². The van der Waals surface area contributed by atoms with Crippen LogP contribution in [0.4, 0.5) is 13.2 Å². The number of methoxy groups -OCH3 is 1. The number of hydrogen-bond acceptors (Lipinski definition) is 5. The normalized spacial score (nSPS) is 16.1. The van der Waals surface area contributed by atoms with Gasteiger partial charge in [-0.05, 0) is 35.4 Å². The number of aromatic nitrogens is 1. The summed E-state index contributed by atoms with van der Waals surface area (Å²) < 4.78 is 45.2. The van der Waals surface area contributed by atoms with E-state index in [0.717, 1.165) is 12.1 Å². The molecule has 1 aromatic heterocycles. The number of rotatable bonds is 3. The Hall–Kier alpha value is -2.94. The molecule has 0 aliphatic carbocycles. The molecule has 1 saturated heterocycles. The molecule has 0 unspecified atom stereocenters. The van der Waals surface area contributed by atoms with E-state index in [-0.39, 0.29) is 37.1 Å². The highest BCUT2D eigenvalue weighted by molar-refractivity contribution is 5.97. The monoisotopic (exact) mass is 391 g/mol. The Morgan fingerprint density at radius 3 is 2.64 bits per heavy atom. The predicted molar refractivity (Wildman–Crippen MR) is 94.4 cm³/mol. The number of aliphatic imine (C=N–C) groups is 1. The van der Waals surface area contributed by atoms with E-state index in [0.29, 0.717) is 22.3 Å². The summed E-state index contributed by atoms with van der Waals surface area (Å²) in [4.78, 5) is 22.1. The summed E-state index contributed by atoms with van der Waals surface area (Å²) in [5.41, 5.74) is 1.03. The summed E-state index contributed by atoms with van der Waals surface area (Å²) in [7, 11) is 1.34. The molecule has 1 aromatic carbocycles. The summed E-state index contributed by atoms with van der Waals surface area (Å²) in [6, 6.07) is 5.11. The van der Waals surface area contributed by atoms with Gasteiger partial charge in [-0.15, -0.1) is 0 Å². The Morgan fingerprint density at radius 2 is 2.00 bits per heavy atom. The average molecular weight is 391 g/mol. The predicted octanol–water partition coefficient (Wildman–Crippen LogP) is 2.53. The molecule has 0 bridgehead atoms. The van der Waals surface area contributed by atoms with Crippen molar-refractivity contribution in [3.63, 3.8) is 0 Å². The molecule has 0 atom stereocenters. The topological polar surface area (TPSA) is 75.0 Å². The van der Waals surface area contributed by atoms with Crippen molar-refractivity contribution < 1.29 is 27.8 Å². The molecule has 2 aliphatic rings. The molecule has 0 radical (unpaired) electrons. The molecule has 3 heterocycles. The van der Waals surface area contributed by atoms with E-state index in [2.05, 4.69) is 9.98 Å². The summed E-state index contributed by atoms with van der Waals surface area (Å²) in [6.07, 6.45) is -3.51. The largest absolute Gasteiger partial charge is 0.481 e. The van der Waals surface area contributed by atoms with Crippen LogP contribution in [0.2, 0.25) is 0 Å². The SMILES string of the molecule is COc1nc(C(=O)N2CC(O)C2)ccc1-c1cc(C(F)(F)F)cc2c1C=NC2. The standard InChI is InChI=1S/C19H16F3N3O3/c1-28-17-13(2-3-16(24-17)18(27)25-8-12(26)9-25)14-5-11(19(20,21)22)4-10-6-23-7-15(10)14/h2-5,7,12,26H,6,8-9H2,1H3. The van der Waals surface area contributed by atoms with Crippen LogP contribution in [0, 0.1) is 0 Å². The van der Waals surface area contributed by atoms with Crippen molar-refractivity contribution in [1.82, 2.24) is 9.88 Å². The van der Waals surface area contributed by atoms with Crippen LogP contribution in [0.15, 0.2) is 29.3 Å². The number of carbonyl (C=O) groups is 1. The van der Waals surface area contributed by atoms with E-state index in [1.807, 2.05) is 0 Å². The maximum Gasteiger partial charge on any atom is 0.416 e. The number of benzene rings is 1. The van der Waals surface area contributed by atoms with Crippen molar-refractivity contribution in [2.45, 2.75) is 18.8 Å². The van der Waals surface area contributed by atoms with E-state index >= 15 is 0 Å². The molecule has 1 fully saturated rings. The van der Waals surface area contributed by atoms with Crippen LogP contribution in [-0.2, 0) is 12.7 Å². The summed E-state index contributed by atoms with van der Waals surface area (Å²) >= 11 is 0. The number of pyridine rings is 1. The number of β-amino-alcohol motifs (C(OH)–C–C–N with tert-alkyl or cyclic N) is 1. The van der Waals surface area contributed by atoms with Gasteiger partial charge in [-0.1, -0.05) is 0 Å². The van der Waals surface area contributed by atoms with Gasteiger partial charge < -0.3 is 14.7 Å². The van der Waals surface area contributed by atoms with E-state index in [9.17, 15) is 23.1 Å². The number of fused-ring (bicyclic) bond motifs is 1. The number of amides is 1. The molecule has 2 aliphatic heterocycles. The first kappa shape index (κ1) is 18.4. The fraction of sp³-hybridized carbons (Fsp3) is 0.316. The lowest BCUT2D eigenvalue weighted by atomic mass is 9.94. The third-order valence-corrected chi connectivity index (χ3v) is 4.79. The minimum Gasteiger partial charge on any atom is -0.481 e. The molecule has 4 rings (SSSR count). The minimum atomic E-state index is -4.50. The van der Waals surface area contributed by atoms with Crippen LogP contribution < -0.4 is 4.74 Å². The number of alkyl halides is 3. The lowest BCUT2D eigenvalue weighted by Crippen LogP contribution is -2.53.